The molecular formula is C12H15ClFNO2. The van der Waals surface area contributed by atoms with Crippen molar-refractivity contribution in [1.82, 2.24) is 5.32 Å². The molecule has 0 radical (unpaired) electrons. The maximum absolute atomic E-state index is 12.6. The Balaban J connectivity index is 2.21. The quantitative estimate of drug-likeness (QED) is 0.786. The van der Waals surface area contributed by atoms with Crippen LogP contribution in [0.4, 0.5) is 4.39 Å². The molecule has 0 aromatic heterocycles. The van der Waals surface area contributed by atoms with Crippen LogP contribution in [0.3, 0.4) is 0 Å². The van der Waals surface area contributed by atoms with Gasteiger partial charge in [-0.3, -0.25) is 0 Å². The molecule has 0 saturated carbocycles. The Labute approximate surface area is 105 Å². The molecule has 1 atom stereocenters. The lowest BCUT2D eigenvalue weighted by Crippen LogP contribution is -2.32. The third-order valence-electron chi connectivity index (χ3n) is 1.95. The van der Waals surface area contributed by atoms with Gasteiger partial charge >= 0.3 is 0 Å². The van der Waals surface area contributed by atoms with Crippen LogP contribution in [0.25, 0.3) is 0 Å². The van der Waals surface area contributed by atoms with Crippen molar-refractivity contribution in [2.24, 2.45) is 0 Å². The maximum Gasteiger partial charge on any atom is 0.123 e. The number of hydrogen-bond acceptors (Lipinski definition) is 3. The molecular weight excluding hydrogens is 245 g/mol. The number of aliphatic hydroxyl groups is 1. The molecule has 1 aromatic carbocycles. The molecule has 0 fully saturated rings. The number of ether oxygens (including phenoxy) is 1. The number of hydrogen-bond donors (Lipinski definition) is 2. The lowest BCUT2D eigenvalue weighted by Gasteiger charge is -2.12. The standard InChI is InChI=1S/C12H15ClFNO2/c1-9(13)6-15-7-11(16)8-17-12-4-2-10(14)3-5-12/h2-5,11,15-16H,1,6-8H2. The van der Waals surface area contributed by atoms with Crippen LogP contribution in [0.15, 0.2) is 35.9 Å². The lowest BCUT2D eigenvalue weighted by molar-refractivity contribution is 0.107. The van der Waals surface area contributed by atoms with Gasteiger partial charge in [0.15, 0.2) is 0 Å². The van der Waals surface area contributed by atoms with Gasteiger partial charge in [0.1, 0.15) is 24.3 Å². The van der Waals surface area contributed by atoms with E-state index in [0.29, 0.717) is 23.9 Å². The highest BCUT2D eigenvalue weighted by Crippen LogP contribution is 2.11. The van der Waals surface area contributed by atoms with Crippen molar-refractivity contribution in [2.45, 2.75) is 6.10 Å². The molecule has 1 rings (SSSR count). The number of rotatable bonds is 7. The average molecular weight is 260 g/mol. The first-order chi connectivity index (χ1) is 8.08. The van der Waals surface area contributed by atoms with Crippen molar-refractivity contribution in [2.75, 3.05) is 19.7 Å². The van der Waals surface area contributed by atoms with Crippen molar-refractivity contribution >= 4 is 11.6 Å². The van der Waals surface area contributed by atoms with E-state index in [1.165, 1.54) is 24.3 Å². The van der Waals surface area contributed by atoms with Gasteiger partial charge in [-0.1, -0.05) is 18.2 Å². The predicted octanol–water partition coefficient (Wildman–Crippen LogP) is 1.91. The van der Waals surface area contributed by atoms with Gasteiger partial charge in [-0.25, -0.2) is 4.39 Å². The van der Waals surface area contributed by atoms with Crippen LogP contribution in [0.1, 0.15) is 0 Å². The zero-order chi connectivity index (χ0) is 12.7. The summed E-state index contributed by atoms with van der Waals surface area (Å²) in [4.78, 5) is 0. The van der Waals surface area contributed by atoms with Crippen LogP contribution < -0.4 is 10.1 Å². The number of nitrogens with one attached hydrogen (secondary N) is 1. The minimum atomic E-state index is -0.656. The molecule has 2 N–H and O–H groups in total. The molecule has 94 valence electrons. The Bertz CT molecular complexity index is 356. The highest BCUT2D eigenvalue weighted by atomic mass is 35.5. The normalized spacial score (nSPS) is 12.2. The Morgan fingerprint density at radius 3 is 2.71 bits per heavy atom. The third-order valence-corrected chi connectivity index (χ3v) is 2.09. The van der Waals surface area contributed by atoms with Crippen molar-refractivity contribution in [3.63, 3.8) is 0 Å². The van der Waals surface area contributed by atoms with Crippen LogP contribution in [-0.4, -0.2) is 30.9 Å². The van der Waals surface area contributed by atoms with Crippen LogP contribution in [0, 0.1) is 5.82 Å². The fourth-order valence-corrected chi connectivity index (χ4v) is 1.25. The van der Waals surface area contributed by atoms with E-state index < -0.39 is 6.10 Å². The topological polar surface area (TPSA) is 41.5 Å². The van der Waals surface area contributed by atoms with Gasteiger partial charge in [-0.05, 0) is 24.3 Å². The smallest absolute Gasteiger partial charge is 0.123 e. The molecule has 0 aliphatic heterocycles. The van der Waals surface area contributed by atoms with Gasteiger partial charge in [-0.2, -0.15) is 0 Å². The highest BCUT2D eigenvalue weighted by Gasteiger charge is 2.04. The summed E-state index contributed by atoms with van der Waals surface area (Å²) in [5.41, 5.74) is 0. The fourth-order valence-electron chi connectivity index (χ4n) is 1.16. The van der Waals surface area contributed by atoms with Crippen LogP contribution in [0.5, 0.6) is 5.75 Å². The van der Waals surface area contributed by atoms with E-state index in [1.54, 1.807) is 0 Å². The first-order valence-corrected chi connectivity index (χ1v) is 5.56. The van der Waals surface area contributed by atoms with E-state index in [9.17, 15) is 9.50 Å². The van der Waals surface area contributed by atoms with Crippen molar-refractivity contribution in [3.8, 4) is 5.75 Å². The summed E-state index contributed by atoms with van der Waals surface area (Å²) >= 11 is 5.54. The molecule has 1 aromatic rings. The lowest BCUT2D eigenvalue weighted by atomic mass is 10.3. The van der Waals surface area contributed by atoms with Gasteiger partial charge in [0.25, 0.3) is 0 Å². The fraction of sp³-hybridized carbons (Fsp3) is 0.333. The monoisotopic (exact) mass is 259 g/mol. The zero-order valence-electron chi connectivity index (χ0n) is 9.33. The Hall–Kier alpha value is -1.10. The summed E-state index contributed by atoms with van der Waals surface area (Å²) in [6, 6.07) is 5.63. The van der Waals surface area contributed by atoms with E-state index in [4.69, 9.17) is 16.3 Å². The summed E-state index contributed by atoms with van der Waals surface area (Å²) < 4.78 is 17.9. The molecule has 0 spiro atoms. The summed E-state index contributed by atoms with van der Waals surface area (Å²) in [6.45, 7) is 4.43. The molecule has 1 unspecified atom stereocenters. The maximum atomic E-state index is 12.6. The highest BCUT2D eigenvalue weighted by molar-refractivity contribution is 6.29. The zero-order valence-corrected chi connectivity index (χ0v) is 10.1. The minimum absolute atomic E-state index is 0.132. The molecule has 0 heterocycles. The van der Waals surface area contributed by atoms with Gasteiger partial charge in [-0.15, -0.1) is 0 Å². The molecule has 0 amide bonds. The number of benzene rings is 1. The molecule has 0 saturated heterocycles. The largest absolute Gasteiger partial charge is 0.491 e. The molecule has 0 aliphatic rings. The molecule has 5 heteroatoms. The first-order valence-electron chi connectivity index (χ1n) is 5.18. The van der Waals surface area contributed by atoms with E-state index in [1.807, 2.05) is 0 Å². The Kier molecular flexibility index (Phi) is 5.97. The van der Waals surface area contributed by atoms with Crippen LogP contribution in [-0.2, 0) is 0 Å². The van der Waals surface area contributed by atoms with E-state index in [-0.39, 0.29) is 12.4 Å². The first kappa shape index (κ1) is 14.0. The van der Waals surface area contributed by atoms with Crippen LogP contribution in [0.2, 0.25) is 0 Å². The van der Waals surface area contributed by atoms with Gasteiger partial charge in [0.2, 0.25) is 0 Å². The minimum Gasteiger partial charge on any atom is -0.491 e. The summed E-state index contributed by atoms with van der Waals surface area (Å²) in [5.74, 6) is 0.201. The SMILES string of the molecule is C=C(Cl)CNCC(O)COc1ccc(F)cc1. The van der Waals surface area contributed by atoms with Gasteiger partial charge in [0.05, 0.1) is 0 Å². The van der Waals surface area contributed by atoms with E-state index in [2.05, 4.69) is 11.9 Å². The summed E-state index contributed by atoms with van der Waals surface area (Å²) in [7, 11) is 0. The molecule has 0 aliphatic carbocycles. The number of halogens is 2. The van der Waals surface area contributed by atoms with Gasteiger partial charge in [0, 0.05) is 18.1 Å². The number of aliphatic hydroxyl groups excluding tert-OH is 1. The predicted molar refractivity (Wildman–Crippen MR) is 65.8 cm³/mol. The second-order valence-electron chi connectivity index (χ2n) is 3.57. The molecule has 17 heavy (non-hydrogen) atoms. The third kappa shape index (κ3) is 6.26. The average Bonchev–Trinajstić information content (AvgIpc) is 2.28. The molecule has 0 bridgehead atoms. The second kappa shape index (κ2) is 7.27. The Morgan fingerprint density at radius 2 is 2.12 bits per heavy atom. The summed E-state index contributed by atoms with van der Waals surface area (Å²) in [6.07, 6.45) is -0.656. The van der Waals surface area contributed by atoms with Gasteiger partial charge < -0.3 is 15.2 Å². The van der Waals surface area contributed by atoms with E-state index >= 15 is 0 Å². The van der Waals surface area contributed by atoms with Crippen LogP contribution >= 0.6 is 11.6 Å². The Morgan fingerprint density at radius 1 is 1.47 bits per heavy atom. The van der Waals surface area contributed by atoms with Crippen molar-refractivity contribution in [3.05, 3.63) is 41.7 Å². The summed E-state index contributed by atoms with van der Waals surface area (Å²) in [5, 5.41) is 12.9. The van der Waals surface area contributed by atoms with Crippen molar-refractivity contribution in [1.29, 1.82) is 0 Å². The second-order valence-corrected chi connectivity index (χ2v) is 4.10. The molecule has 3 nitrogen and oxygen atoms in total. The van der Waals surface area contributed by atoms with Crippen molar-refractivity contribution < 1.29 is 14.2 Å². The van der Waals surface area contributed by atoms with E-state index in [0.717, 1.165) is 0 Å².